The zero-order valence-corrected chi connectivity index (χ0v) is 13.2. The van der Waals surface area contributed by atoms with Crippen molar-refractivity contribution in [3.05, 3.63) is 23.2 Å². The SMILES string of the molecule is CNC(=O)C(C)CN(C)CC(=O)Nc1cc(Cl)ccc1N. The molecule has 0 radical (unpaired) electrons. The van der Waals surface area contributed by atoms with Crippen LogP contribution < -0.4 is 16.4 Å². The highest BCUT2D eigenvalue weighted by Gasteiger charge is 2.16. The van der Waals surface area contributed by atoms with Crippen LogP contribution in [0.5, 0.6) is 0 Å². The van der Waals surface area contributed by atoms with Crippen LogP contribution in [0.1, 0.15) is 6.92 Å². The number of halogens is 1. The Labute approximate surface area is 129 Å². The number of likely N-dealkylation sites (N-methyl/N-ethyl adjacent to an activating group) is 1. The first-order valence-electron chi connectivity index (χ1n) is 6.58. The van der Waals surface area contributed by atoms with Crippen molar-refractivity contribution in [3.8, 4) is 0 Å². The largest absolute Gasteiger partial charge is 0.397 e. The molecule has 0 saturated heterocycles. The first-order chi connectivity index (χ1) is 9.83. The molecule has 1 unspecified atom stereocenters. The Balaban J connectivity index is 2.53. The molecule has 4 N–H and O–H groups in total. The maximum Gasteiger partial charge on any atom is 0.238 e. The minimum atomic E-state index is -0.212. The molecule has 0 aromatic heterocycles. The number of amides is 2. The molecule has 1 rings (SSSR count). The summed E-state index contributed by atoms with van der Waals surface area (Å²) in [6.07, 6.45) is 0. The van der Waals surface area contributed by atoms with Gasteiger partial charge in [-0.3, -0.25) is 14.5 Å². The van der Waals surface area contributed by atoms with Crippen LogP contribution in [-0.2, 0) is 9.59 Å². The Morgan fingerprint density at radius 1 is 1.43 bits per heavy atom. The first kappa shape index (κ1) is 17.3. The normalized spacial score (nSPS) is 12.0. The molecular weight excluding hydrogens is 292 g/mol. The molecule has 6 nitrogen and oxygen atoms in total. The van der Waals surface area contributed by atoms with E-state index in [-0.39, 0.29) is 24.3 Å². The Hall–Kier alpha value is -1.79. The van der Waals surface area contributed by atoms with Crippen molar-refractivity contribution in [2.75, 3.05) is 38.2 Å². The van der Waals surface area contributed by atoms with E-state index < -0.39 is 0 Å². The fourth-order valence-corrected chi connectivity index (χ4v) is 2.11. The van der Waals surface area contributed by atoms with Crippen molar-refractivity contribution in [2.24, 2.45) is 5.92 Å². The van der Waals surface area contributed by atoms with Crippen LogP contribution >= 0.6 is 11.6 Å². The summed E-state index contributed by atoms with van der Waals surface area (Å²) < 4.78 is 0. The summed E-state index contributed by atoms with van der Waals surface area (Å²) >= 11 is 5.86. The van der Waals surface area contributed by atoms with Crippen molar-refractivity contribution >= 4 is 34.8 Å². The van der Waals surface area contributed by atoms with Gasteiger partial charge in [-0.2, -0.15) is 0 Å². The van der Waals surface area contributed by atoms with Crippen LogP contribution in [0.2, 0.25) is 5.02 Å². The number of nitrogens with one attached hydrogen (secondary N) is 2. The lowest BCUT2D eigenvalue weighted by Gasteiger charge is -2.20. The van der Waals surface area contributed by atoms with Gasteiger partial charge in [0.15, 0.2) is 0 Å². The molecule has 1 aromatic rings. The van der Waals surface area contributed by atoms with Crippen molar-refractivity contribution < 1.29 is 9.59 Å². The second-order valence-electron chi connectivity index (χ2n) is 4.99. The number of benzene rings is 1. The van der Waals surface area contributed by atoms with E-state index >= 15 is 0 Å². The Morgan fingerprint density at radius 3 is 2.71 bits per heavy atom. The van der Waals surface area contributed by atoms with Gasteiger partial charge in [-0.1, -0.05) is 18.5 Å². The van der Waals surface area contributed by atoms with Crippen LogP contribution in [-0.4, -0.2) is 43.9 Å². The molecule has 0 saturated carbocycles. The van der Waals surface area contributed by atoms with Crippen molar-refractivity contribution in [3.63, 3.8) is 0 Å². The molecule has 0 aliphatic carbocycles. The zero-order valence-electron chi connectivity index (χ0n) is 12.4. The predicted octanol–water partition coefficient (Wildman–Crippen LogP) is 1.17. The molecule has 0 bridgehead atoms. The molecular formula is C14H21ClN4O2. The second kappa shape index (κ2) is 7.85. The van der Waals surface area contributed by atoms with Gasteiger partial charge in [0.05, 0.1) is 17.9 Å². The van der Waals surface area contributed by atoms with Crippen LogP contribution in [0.15, 0.2) is 18.2 Å². The molecule has 21 heavy (non-hydrogen) atoms. The highest BCUT2D eigenvalue weighted by atomic mass is 35.5. The van der Waals surface area contributed by atoms with Gasteiger partial charge in [0, 0.05) is 24.5 Å². The molecule has 1 atom stereocenters. The number of hydrogen-bond donors (Lipinski definition) is 3. The van der Waals surface area contributed by atoms with Gasteiger partial charge in [0.1, 0.15) is 0 Å². The fourth-order valence-electron chi connectivity index (χ4n) is 1.93. The molecule has 0 spiro atoms. The lowest BCUT2D eigenvalue weighted by atomic mass is 10.1. The summed E-state index contributed by atoms with van der Waals surface area (Å²) in [6.45, 7) is 2.45. The van der Waals surface area contributed by atoms with Gasteiger partial charge >= 0.3 is 0 Å². The third kappa shape index (κ3) is 5.61. The number of hydrogen-bond acceptors (Lipinski definition) is 4. The lowest BCUT2D eigenvalue weighted by Crippen LogP contribution is -2.38. The van der Waals surface area contributed by atoms with Gasteiger partial charge in [0.2, 0.25) is 11.8 Å². The smallest absolute Gasteiger partial charge is 0.238 e. The quantitative estimate of drug-likeness (QED) is 0.688. The van der Waals surface area contributed by atoms with Crippen molar-refractivity contribution in [2.45, 2.75) is 6.92 Å². The zero-order chi connectivity index (χ0) is 16.0. The van der Waals surface area contributed by atoms with E-state index in [1.54, 1.807) is 37.2 Å². The number of anilines is 2. The molecule has 0 aliphatic rings. The highest BCUT2D eigenvalue weighted by Crippen LogP contribution is 2.22. The molecule has 0 aliphatic heterocycles. The summed E-state index contributed by atoms with van der Waals surface area (Å²) in [7, 11) is 3.37. The number of nitrogen functional groups attached to an aromatic ring is 1. The number of carbonyl (C=O) groups excluding carboxylic acids is 2. The number of carbonyl (C=O) groups is 2. The Bertz CT molecular complexity index is 522. The average Bonchev–Trinajstić information content (AvgIpc) is 2.41. The van der Waals surface area contributed by atoms with Crippen LogP contribution in [0, 0.1) is 5.92 Å². The van der Waals surface area contributed by atoms with E-state index in [9.17, 15) is 9.59 Å². The summed E-state index contributed by atoms with van der Waals surface area (Å²) in [5.74, 6) is -0.457. The standard InChI is InChI=1S/C14H21ClN4O2/c1-9(14(21)17-2)7-19(3)8-13(20)18-12-6-10(15)4-5-11(12)16/h4-6,9H,7-8,16H2,1-3H3,(H,17,21)(H,18,20). The van der Waals surface area contributed by atoms with Crippen molar-refractivity contribution in [1.29, 1.82) is 0 Å². The third-order valence-corrected chi connectivity index (χ3v) is 3.22. The van der Waals surface area contributed by atoms with E-state index in [0.29, 0.717) is 22.9 Å². The van der Waals surface area contributed by atoms with Gasteiger partial charge < -0.3 is 16.4 Å². The Kier molecular flexibility index (Phi) is 6.45. The lowest BCUT2D eigenvalue weighted by molar-refractivity contribution is -0.125. The fraction of sp³-hybridized carbons (Fsp3) is 0.429. The van der Waals surface area contributed by atoms with E-state index in [4.69, 9.17) is 17.3 Å². The second-order valence-corrected chi connectivity index (χ2v) is 5.43. The van der Waals surface area contributed by atoms with Gasteiger partial charge in [-0.05, 0) is 25.2 Å². The minimum Gasteiger partial charge on any atom is -0.397 e. The van der Waals surface area contributed by atoms with Gasteiger partial charge in [-0.25, -0.2) is 0 Å². The first-order valence-corrected chi connectivity index (χ1v) is 6.96. The highest BCUT2D eigenvalue weighted by molar-refractivity contribution is 6.31. The monoisotopic (exact) mass is 312 g/mol. The number of rotatable bonds is 6. The molecule has 116 valence electrons. The maximum atomic E-state index is 12.0. The minimum absolute atomic E-state index is 0.0543. The van der Waals surface area contributed by atoms with Crippen molar-refractivity contribution in [1.82, 2.24) is 10.2 Å². The summed E-state index contributed by atoms with van der Waals surface area (Å²) in [5.41, 5.74) is 6.71. The molecule has 7 heteroatoms. The average molecular weight is 313 g/mol. The molecule has 0 fully saturated rings. The number of nitrogens with zero attached hydrogens (tertiary/aromatic N) is 1. The molecule has 1 aromatic carbocycles. The maximum absolute atomic E-state index is 12.0. The van der Waals surface area contributed by atoms with Gasteiger partial charge in [0.25, 0.3) is 0 Å². The predicted molar refractivity (Wildman–Crippen MR) is 85.2 cm³/mol. The summed E-state index contributed by atoms with van der Waals surface area (Å²) in [5, 5.41) is 5.79. The van der Waals surface area contributed by atoms with Crippen LogP contribution in [0.25, 0.3) is 0 Å². The van der Waals surface area contributed by atoms with Gasteiger partial charge in [-0.15, -0.1) is 0 Å². The number of nitrogens with two attached hydrogens (primary N) is 1. The summed E-state index contributed by atoms with van der Waals surface area (Å²) in [4.78, 5) is 25.2. The van der Waals surface area contributed by atoms with E-state index in [0.717, 1.165) is 0 Å². The molecule has 2 amide bonds. The van der Waals surface area contributed by atoms with E-state index in [2.05, 4.69) is 10.6 Å². The third-order valence-electron chi connectivity index (χ3n) is 2.98. The van der Waals surface area contributed by atoms with Crippen LogP contribution in [0.3, 0.4) is 0 Å². The van der Waals surface area contributed by atoms with E-state index in [1.807, 2.05) is 6.92 Å². The Morgan fingerprint density at radius 2 is 2.10 bits per heavy atom. The summed E-state index contributed by atoms with van der Waals surface area (Å²) in [6, 6.07) is 4.89. The topological polar surface area (TPSA) is 87.5 Å². The molecule has 0 heterocycles. The van der Waals surface area contributed by atoms with Crippen LogP contribution in [0.4, 0.5) is 11.4 Å². The van der Waals surface area contributed by atoms with E-state index in [1.165, 1.54) is 0 Å².